The summed E-state index contributed by atoms with van der Waals surface area (Å²) in [6.45, 7) is 5.54. The zero-order valence-electron chi connectivity index (χ0n) is 13.7. The first-order valence-corrected chi connectivity index (χ1v) is 9.24. The van der Waals surface area contributed by atoms with Crippen molar-refractivity contribution in [3.63, 3.8) is 0 Å². The fourth-order valence-corrected chi connectivity index (χ4v) is 3.29. The molecule has 0 saturated heterocycles. The van der Waals surface area contributed by atoms with E-state index >= 15 is 0 Å². The molecule has 0 aliphatic rings. The van der Waals surface area contributed by atoms with Crippen LogP contribution in [0.3, 0.4) is 0 Å². The number of para-hydroxylation sites is 1. The first kappa shape index (κ1) is 18.2. The predicted molar refractivity (Wildman–Crippen MR) is 97.4 cm³/mol. The second-order valence-electron chi connectivity index (χ2n) is 5.67. The highest BCUT2D eigenvalue weighted by Gasteiger charge is 2.29. The average molecular weight is 361 g/mol. The molecule has 2 rings (SSSR count). The van der Waals surface area contributed by atoms with E-state index in [-0.39, 0.29) is 17.6 Å². The molecule has 0 saturated carbocycles. The molecular formula is C16H19N5OS2. The van der Waals surface area contributed by atoms with E-state index in [0.717, 1.165) is 5.69 Å². The van der Waals surface area contributed by atoms with Crippen molar-refractivity contribution in [1.29, 1.82) is 5.26 Å². The number of anilines is 2. The van der Waals surface area contributed by atoms with Gasteiger partial charge in [-0.2, -0.15) is 5.26 Å². The second-order valence-corrected chi connectivity index (χ2v) is 7.87. The molecule has 24 heavy (non-hydrogen) atoms. The fourth-order valence-electron chi connectivity index (χ4n) is 1.72. The van der Waals surface area contributed by atoms with Gasteiger partial charge >= 0.3 is 0 Å². The lowest BCUT2D eigenvalue weighted by Gasteiger charge is -2.27. The van der Waals surface area contributed by atoms with Crippen molar-refractivity contribution in [2.45, 2.75) is 30.6 Å². The normalized spacial score (nSPS) is 13.1. The topological polar surface area (TPSA) is 90.7 Å². The minimum Gasteiger partial charge on any atom is -0.337 e. The minimum atomic E-state index is -0.862. The number of nitrogens with zero attached hydrogens (tertiary/aromatic N) is 3. The highest BCUT2D eigenvalue weighted by Crippen LogP contribution is 2.27. The van der Waals surface area contributed by atoms with Gasteiger partial charge in [0.1, 0.15) is 5.54 Å². The summed E-state index contributed by atoms with van der Waals surface area (Å²) < 4.78 is 0.701. The molecule has 0 bridgehead atoms. The van der Waals surface area contributed by atoms with Gasteiger partial charge in [-0.25, -0.2) is 0 Å². The van der Waals surface area contributed by atoms with Gasteiger partial charge in [0.25, 0.3) is 0 Å². The molecule has 0 aliphatic carbocycles. The Bertz CT molecular complexity index is 726. The molecule has 126 valence electrons. The smallest absolute Gasteiger partial charge is 0.231 e. The minimum absolute atomic E-state index is 0.0275. The van der Waals surface area contributed by atoms with Gasteiger partial charge in [-0.15, -0.1) is 10.2 Å². The van der Waals surface area contributed by atoms with Crippen molar-refractivity contribution < 1.29 is 4.79 Å². The highest BCUT2D eigenvalue weighted by molar-refractivity contribution is 8.01. The van der Waals surface area contributed by atoms with E-state index < -0.39 is 5.54 Å². The molecule has 0 radical (unpaired) electrons. The first-order chi connectivity index (χ1) is 11.4. The Kier molecular flexibility index (Phi) is 6.17. The third kappa shape index (κ3) is 4.94. The van der Waals surface area contributed by atoms with Crippen LogP contribution in [0.15, 0.2) is 34.7 Å². The van der Waals surface area contributed by atoms with Gasteiger partial charge in [0.2, 0.25) is 11.0 Å². The van der Waals surface area contributed by atoms with Crippen LogP contribution in [0.4, 0.5) is 10.8 Å². The van der Waals surface area contributed by atoms with Gasteiger partial charge < -0.3 is 10.6 Å². The number of hydrogen-bond donors (Lipinski definition) is 2. The summed E-state index contributed by atoms with van der Waals surface area (Å²) in [5.74, 6) is 0.0365. The summed E-state index contributed by atoms with van der Waals surface area (Å²) in [5, 5.41) is 24.0. The number of nitrogens with one attached hydrogen (secondary N) is 2. The molecule has 0 fully saturated rings. The molecule has 1 aromatic heterocycles. The van der Waals surface area contributed by atoms with E-state index in [1.165, 1.54) is 23.1 Å². The Morgan fingerprint density at radius 2 is 2.08 bits per heavy atom. The van der Waals surface area contributed by atoms with Crippen LogP contribution in [0.5, 0.6) is 0 Å². The van der Waals surface area contributed by atoms with Crippen LogP contribution in [0.1, 0.15) is 20.8 Å². The van der Waals surface area contributed by atoms with Gasteiger partial charge in [-0.3, -0.25) is 4.79 Å². The van der Waals surface area contributed by atoms with Crippen molar-refractivity contribution in [3.05, 3.63) is 30.3 Å². The van der Waals surface area contributed by atoms with Crippen LogP contribution in [0.25, 0.3) is 0 Å². The SMILES string of the molecule is CC(C)C(C)(C#N)NC(=O)CSc1nnc(Nc2ccccc2)s1. The lowest BCUT2D eigenvalue weighted by molar-refractivity contribution is -0.120. The molecule has 0 spiro atoms. The average Bonchev–Trinajstić information content (AvgIpc) is 3.01. The quantitative estimate of drug-likeness (QED) is 0.734. The summed E-state index contributed by atoms with van der Waals surface area (Å²) in [4.78, 5) is 12.1. The lowest BCUT2D eigenvalue weighted by Crippen LogP contribution is -2.49. The number of rotatable bonds is 7. The van der Waals surface area contributed by atoms with Gasteiger partial charge in [0.15, 0.2) is 4.34 Å². The zero-order chi connectivity index (χ0) is 17.6. The summed E-state index contributed by atoms with van der Waals surface area (Å²) in [6, 6.07) is 11.9. The van der Waals surface area contributed by atoms with Crippen molar-refractivity contribution in [3.8, 4) is 6.07 Å². The molecular weight excluding hydrogens is 342 g/mol. The van der Waals surface area contributed by atoms with E-state index in [9.17, 15) is 10.1 Å². The first-order valence-electron chi connectivity index (χ1n) is 7.43. The number of carbonyl (C=O) groups excluding carboxylic acids is 1. The van der Waals surface area contributed by atoms with E-state index in [0.29, 0.717) is 9.47 Å². The van der Waals surface area contributed by atoms with E-state index in [2.05, 4.69) is 26.9 Å². The molecule has 1 atom stereocenters. The molecule has 6 nitrogen and oxygen atoms in total. The summed E-state index contributed by atoms with van der Waals surface area (Å²) >= 11 is 2.69. The summed E-state index contributed by atoms with van der Waals surface area (Å²) in [6.07, 6.45) is 0. The number of hydrogen-bond acceptors (Lipinski definition) is 7. The Balaban J connectivity index is 1.87. The number of benzene rings is 1. The Morgan fingerprint density at radius 1 is 1.38 bits per heavy atom. The Hall–Kier alpha value is -2.11. The molecule has 1 heterocycles. The highest BCUT2D eigenvalue weighted by atomic mass is 32.2. The van der Waals surface area contributed by atoms with Gasteiger partial charge in [0, 0.05) is 5.69 Å². The number of aromatic nitrogens is 2. The Morgan fingerprint density at radius 3 is 2.71 bits per heavy atom. The maximum absolute atomic E-state index is 12.1. The molecule has 0 aliphatic heterocycles. The van der Waals surface area contributed by atoms with Crippen LogP contribution in [-0.2, 0) is 4.79 Å². The maximum atomic E-state index is 12.1. The number of carbonyl (C=O) groups is 1. The van der Waals surface area contributed by atoms with E-state index in [4.69, 9.17) is 0 Å². The van der Waals surface area contributed by atoms with Crippen molar-refractivity contribution >= 4 is 39.8 Å². The van der Waals surface area contributed by atoms with Crippen LogP contribution in [0.2, 0.25) is 0 Å². The molecule has 2 N–H and O–H groups in total. The zero-order valence-corrected chi connectivity index (χ0v) is 15.4. The predicted octanol–water partition coefficient (Wildman–Crippen LogP) is 3.43. The third-order valence-electron chi connectivity index (χ3n) is 3.54. The van der Waals surface area contributed by atoms with E-state index in [1.54, 1.807) is 6.92 Å². The molecule has 1 unspecified atom stereocenters. The second kappa shape index (κ2) is 8.13. The third-order valence-corrected chi connectivity index (χ3v) is 5.52. The maximum Gasteiger partial charge on any atom is 0.231 e. The van der Waals surface area contributed by atoms with Gasteiger partial charge in [-0.1, -0.05) is 55.1 Å². The van der Waals surface area contributed by atoms with Crippen molar-refractivity contribution in [2.75, 3.05) is 11.1 Å². The van der Waals surface area contributed by atoms with Gasteiger partial charge in [-0.05, 0) is 25.0 Å². The van der Waals surface area contributed by atoms with Crippen molar-refractivity contribution in [2.24, 2.45) is 5.92 Å². The van der Waals surface area contributed by atoms with Crippen LogP contribution >= 0.6 is 23.1 Å². The largest absolute Gasteiger partial charge is 0.337 e. The molecule has 8 heteroatoms. The van der Waals surface area contributed by atoms with E-state index in [1.807, 2.05) is 44.2 Å². The standard InChI is InChI=1S/C16H19N5OS2/c1-11(2)16(3,10-17)19-13(22)9-23-15-21-20-14(24-15)18-12-7-5-4-6-8-12/h4-8,11H,9H2,1-3H3,(H,18,20)(H,19,22). The summed E-state index contributed by atoms with van der Waals surface area (Å²) in [7, 11) is 0. The lowest BCUT2D eigenvalue weighted by atomic mass is 9.90. The fraction of sp³-hybridized carbons (Fsp3) is 0.375. The van der Waals surface area contributed by atoms with Crippen LogP contribution < -0.4 is 10.6 Å². The van der Waals surface area contributed by atoms with Crippen molar-refractivity contribution in [1.82, 2.24) is 15.5 Å². The van der Waals surface area contributed by atoms with Gasteiger partial charge in [0.05, 0.1) is 11.8 Å². The molecule has 2 aromatic rings. The Labute approximate surface area is 149 Å². The number of nitriles is 1. The monoisotopic (exact) mass is 361 g/mol. The van der Waals surface area contributed by atoms with Crippen LogP contribution in [0, 0.1) is 17.2 Å². The number of thioether (sulfide) groups is 1. The number of amides is 1. The molecule has 1 aromatic carbocycles. The summed E-state index contributed by atoms with van der Waals surface area (Å²) in [5.41, 5.74) is 0.0726. The molecule has 1 amide bonds. The van der Waals surface area contributed by atoms with Crippen LogP contribution in [-0.4, -0.2) is 27.4 Å².